The quantitative estimate of drug-likeness (QED) is 0.827. The van der Waals surface area contributed by atoms with Crippen LogP contribution >= 0.6 is 15.9 Å². The van der Waals surface area contributed by atoms with E-state index in [4.69, 9.17) is 5.73 Å². The zero-order valence-corrected chi connectivity index (χ0v) is 10.1. The molecule has 0 bridgehead atoms. The summed E-state index contributed by atoms with van der Waals surface area (Å²) in [5, 5.41) is 4.44. The number of hydrogen-bond acceptors (Lipinski definition) is 2. The van der Waals surface area contributed by atoms with Gasteiger partial charge in [0, 0.05) is 12.0 Å². The predicted molar refractivity (Wildman–Crippen MR) is 58.7 cm³/mol. The molecule has 1 aromatic rings. The molecule has 0 radical (unpaired) electrons. The van der Waals surface area contributed by atoms with Gasteiger partial charge in [0.1, 0.15) is 5.82 Å². The number of nitrogens with zero attached hydrogens (tertiary/aromatic N) is 2. The van der Waals surface area contributed by atoms with E-state index in [1.165, 1.54) is 0 Å². The highest BCUT2D eigenvalue weighted by molar-refractivity contribution is 9.10. The van der Waals surface area contributed by atoms with Crippen molar-refractivity contribution in [1.29, 1.82) is 0 Å². The van der Waals surface area contributed by atoms with Crippen molar-refractivity contribution < 1.29 is 0 Å². The van der Waals surface area contributed by atoms with E-state index >= 15 is 0 Å². The first-order valence-electron chi connectivity index (χ1n) is 4.40. The summed E-state index contributed by atoms with van der Waals surface area (Å²) in [7, 11) is 0. The van der Waals surface area contributed by atoms with E-state index in [0.29, 0.717) is 5.82 Å². The molecule has 0 saturated carbocycles. The molecular formula is C9H16BrN3. The zero-order valence-electron chi connectivity index (χ0n) is 8.56. The number of hydrogen-bond donors (Lipinski definition) is 1. The van der Waals surface area contributed by atoms with Gasteiger partial charge < -0.3 is 5.73 Å². The summed E-state index contributed by atoms with van der Waals surface area (Å²) in [6, 6.07) is 0. The minimum absolute atomic E-state index is 0.0351. The van der Waals surface area contributed by atoms with Crippen molar-refractivity contribution in [3.8, 4) is 0 Å². The van der Waals surface area contributed by atoms with Gasteiger partial charge in [-0.1, -0.05) is 20.8 Å². The Morgan fingerprint density at radius 3 is 2.23 bits per heavy atom. The lowest BCUT2D eigenvalue weighted by molar-refractivity contribution is 0.540. The van der Waals surface area contributed by atoms with Crippen LogP contribution in [0.4, 0.5) is 5.82 Å². The largest absolute Gasteiger partial charge is 0.383 e. The normalized spacial score (nSPS) is 12.1. The van der Waals surface area contributed by atoms with E-state index < -0.39 is 0 Å². The van der Waals surface area contributed by atoms with Crippen molar-refractivity contribution >= 4 is 21.7 Å². The highest BCUT2D eigenvalue weighted by Gasteiger charge is 2.23. The maximum absolute atomic E-state index is 5.86. The van der Waals surface area contributed by atoms with Crippen molar-refractivity contribution in [1.82, 2.24) is 9.78 Å². The molecule has 0 atom stereocenters. The summed E-state index contributed by atoms with van der Waals surface area (Å²) in [6.45, 7) is 9.21. The second-order valence-electron chi connectivity index (χ2n) is 4.11. The van der Waals surface area contributed by atoms with Crippen LogP contribution < -0.4 is 5.73 Å². The van der Waals surface area contributed by atoms with Crippen LogP contribution in [0.1, 0.15) is 33.4 Å². The molecule has 1 heterocycles. The van der Waals surface area contributed by atoms with Crippen molar-refractivity contribution in [2.24, 2.45) is 0 Å². The van der Waals surface area contributed by atoms with Crippen LogP contribution in [0.3, 0.4) is 0 Å². The average molecular weight is 246 g/mol. The molecular weight excluding hydrogens is 230 g/mol. The summed E-state index contributed by atoms with van der Waals surface area (Å²) < 4.78 is 2.74. The number of rotatable bonds is 1. The van der Waals surface area contributed by atoms with Crippen LogP contribution in [-0.2, 0) is 12.0 Å². The first-order chi connectivity index (χ1) is 5.88. The molecule has 13 heavy (non-hydrogen) atoms. The molecule has 74 valence electrons. The molecule has 2 N–H and O–H groups in total. The molecule has 0 aromatic carbocycles. The number of nitrogens with two attached hydrogens (primary N) is 1. The molecule has 0 aliphatic carbocycles. The van der Waals surface area contributed by atoms with Crippen molar-refractivity contribution in [3.63, 3.8) is 0 Å². The number of aryl methyl sites for hydroxylation is 1. The molecule has 3 nitrogen and oxygen atoms in total. The summed E-state index contributed by atoms with van der Waals surface area (Å²) in [5.41, 5.74) is 6.92. The van der Waals surface area contributed by atoms with E-state index in [1.54, 1.807) is 0 Å². The number of aromatic nitrogens is 2. The lowest BCUT2D eigenvalue weighted by Gasteiger charge is -2.15. The van der Waals surface area contributed by atoms with Gasteiger partial charge in [-0.15, -0.1) is 0 Å². The van der Waals surface area contributed by atoms with Crippen LogP contribution in [-0.4, -0.2) is 9.78 Å². The van der Waals surface area contributed by atoms with Gasteiger partial charge >= 0.3 is 0 Å². The fourth-order valence-electron chi connectivity index (χ4n) is 1.17. The minimum atomic E-state index is 0.0351. The number of halogens is 1. The third-order valence-corrected chi connectivity index (χ3v) is 2.72. The summed E-state index contributed by atoms with van der Waals surface area (Å²) >= 11 is 3.47. The van der Waals surface area contributed by atoms with E-state index in [2.05, 4.69) is 41.8 Å². The van der Waals surface area contributed by atoms with Gasteiger partial charge in [0.05, 0.1) is 10.2 Å². The van der Waals surface area contributed by atoms with E-state index in [0.717, 1.165) is 16.7 Å². The van der Waals surface area contributed by atoms with Gasteiger partial charge in [0.25, 0.3) is 0 Å². The second kappa shape index (κ2) is 3.33. The molecule has 1 aromatic heterocycles. The number of anilines is 1. The molecule has 0 aliphatic rings. The first-order valence-corrected chi connectivity index (χ1v) is 5.19. The van der Waals surface area contributed by atoms with Crippen molar-refractivity contribution in [3.05, 3.63) is 10.2 Å². The fraction of sp³-hybridized carbons (Fsp3) is 0.667. The lowest BCUT2D eigenvalue weighted by Crippen LogP contribution is -2.13. The number of nitrogen functional groups attached to an aromatic ring is 1. The van der Waals surface area contributed by atoms with Gasteiger partial charge in [-0.25, -0.2) is 4.68 Å². The third kappa shape index (κ3) is 1.88. The Labute approximate surface area is 87.4 Å². The Kier molecular flexibility index (Phi) is 2.71. The van der Waals surface area contributed by atoms with Gasteiger partial charge in [-0.05, 0) is 22.9 Å². The van der Waals surface area contributed by atoms with Crippen LogP contribution in [0.5, 0.6) is 0 Å². The molecule has 0 fully saturated rings. The Hall–Kier alpha value is -0.510. The van der Waals surface area contributed by atoms with E-state index in [1.807, 2.05) is 11.6 Å². The maximum atomic E-state index is 5.86. The van der Waals surface area contributed by atoms with Crippen LogP contribution in [0.2, 0.25) is 0 Å². The topological polar surface area (TPSA) is 43.8 Å². The molecule has 0 amide bonds. The fourth-order valence-corrected chi connectivity index (χ4v) is 2.05. The Bertz CT molecular complexity index is 309. The Balaban J connectivity index is 3.25. The van der Waals surface area contributed by atoms with Crippen molar-refractivity contribution in [2.45, 2.75) is 39.7 Å². The summed E-state index contributed by atoms with van der Waals surface area (Å²) in [6.07, 6.45) is 0. The van der Waals surface area contributed by atoms with E-state index in [9.17, 15) is 0 Å². The second-order valence-corrected chi connectivity index (χ2v) is 4.91. The maximum Gasteiger partial charge on any atom is 0.136 e. The van der Waals surface area contributed by atoms with Gasteiger partial charge in [0.15, 0.2) is 0 Å². The van der Waals surface area contributed by atoms with E-state index in [-0.39, 0.29) is 5.41 Å². The lowest BCUT2D eigenvalue weighted by atomic mass is 9.92. The van der Waals surface area contributed by atoms with Gasteiger partial charge in [-0.3, -0.25) is 0 Å². The molecule has 0 saturated heterocycles. The highest BCUT2D eigenvalue weighted by atomic mass is 79.9. The molecule has 4 heteroatoms. The molecule has 0 spiro atoms. The highest BCUT2D eigenvalue weighted by Crippen LogP contribution is 2.32. The van der Waals surface area contributed by atoms with Crippen molar-refractivity contribution in [2.75, 3.05) is 5.73 Å². The van der Waals surface area contributed by atoms with Crippen LogP contribution in [0.15, 0.2) is 4.47 Å². The van der Waals surface area contributed by atoms with Gasteiger partial charge in [-0.2, -0.15) is 5.10 Å². The smallest absolute Gasteiger partial charge is 0.136 e. The van der Waals surface area contributed by atoms with Crippen LogP contribution in [0.25, 0.3) is 0 Å². The summed E-state index contributed by atoms with van der Waals surface area (Å²) in [5.74, 6) is 0.715. The third-order valence-electron chi connectivity index (χ3n) is 1.94. The first kappa shape index (κ1) is 10.6. The standard InChI is InChI=1S/C9H16BrN3/c1-5-13-8(11)6(10)7(12-13)9(2,3)4/h5,11H2,1-4H3. The van der Waals surface area contributed by atoms with Gasteiger partial charge in [0.2, 0.25) is 0 Å². The molecule has 0 unspecified atom stereocenters. The Morgan fingerprint density at radius 2 is 2.00 bits per heavy atom. The zero-order chi connectivity index (χ0) is 10.2. The summed E-state index contributed by atoms with van der Waals surface area (Å²) in [4.78, 5) is 0. The SMILES string of the molecule is CCn1nc(C(C)(C)C)c(Br)c1N. The minimum Gasteiger partial charge on any atom is -0.383 e. The molecule has 1 rings (SSSR count). The Morgan fingerprint density at radius 1 is 1.46 bits per heavy atom. The van der Waals surface area contributed by atoms with Crippen LogP contribution in [0, 0.1) is 0 Å². The predicted octanol–water partition coefficient (Wildman–Crippen LogP) is 2.55. The monoisotopic (exact) mass is 245 g/mol. The molecule has 0 aliphatic heterocycles. The average Bonchev–Trinajstić information content (AvgIpc) is 2.28.